The van der Waals surface area contributed by atoms with Gasteiger partial charge < -0.3 is 20.1 Å². The van der Waals surface area contributed by atoms with Crippen LogP contribution in [0.25, 0.3) is 0 Å². The fourth-order valence-corrected chi connectivity index (χ4v) is 1.95. The van der Waals surface area contributed by atoms with E-state index < -0.39 is 13.0 Å². The molecule has 1 fully saturated rings. The zero-order valence-electron chi connectivity index (χ0n) is 11.5. The van der Waals surface area contributed by atoms with Gasteiger partial charge in [-0.15, -0.1) is 0 Å². The fourth-order valence-electron chi connectivity index (χ4n) is 1.95. The number of carbonyl (C=O) groups excluding carboxylic acids is 1. The van der Waals surface area contributed by atoms with Gasteiger partial charge >= 0.3 is 0 Å². The van der Waals surface area contributed by atoms with Crippen LogP contribution in [0.4, 0.5) is 8.78 Å². The van der Waals surface area contributed by atoms with Gasteiger partial charge in [-0.2, -0.15) is 0 Å². The lowest BCUT2D eigenvalue weighted by atomic mass is 10.2. The smallest absolute Gasteiger partial charge is 0.272 e. The third-order valence-electron chi connectivity index (χ3n) is 2.98. The Hall–Kier alpha value is -1.73. The molecule has 2 N–H and O–H groups in total. The van der Waals surface area contributed by atoms with Gasteiger partial charge in [-0.25, -0.2) is 8.78 Å². The van der Waals surface area contributed by atoms with E-state index >= 15 is 0 Å². The van der Waals surface area contributed by atoms with E-state index in [-0.39, 0.29) is 11.9 Å². The van der Waals surface area contributed by atoms with Gasteiger partial charge in [0.05, 0.1) is 13.2 Å². The standard InChI is InChI=1S/C14H18F2N2O3/c15-13(16)9-21-11-3-1-2-10(6-11)7-18-14(19)12-8-20-5-4-17-12/h1-3,6,12-13,17H,4-5,7-9H2,(H,18,19). The minimum Gasteiger partial charge on any atom is -0.488 e. The Morgan fingerprint density at radius 1 is 1.52 bits per heavy atom. The van der Waals surface area contributed by atoms with Gasteiger partial charge in [0, 0.05) is 13.1 Å². The molecule has 21 heavy (non-hydrogen) atoms. The van der Waals surface area contributed by atoms with E-state index in [1.807, 2.05) is 0 Å². The van der Waals surface area contributed by atoms with Crippen molar-refractivity contribution in [3.63, 3.8) is 0 Å². The van der Waals surface area contributed by atoms with Gasteiger partial charge in [0.2, 0.25) is 5.91 Å². The zero-order valence-corrected chi connectivity index (χ0v) is 11.5. The number of alkyl halides is 2. The number of carbonyl (C=O) groups is 1. The van der Waals surface area contributed by atoms with Crippen LogP contribution in [0.5, 0.6) is 5.75 Å². The molecule has 1 amide bonds. The van der Waals surface area contributed by atoms with Crippen molar-refractivity contribution in [3.05, 3.63) is 29.8 Å². The molecule has 116 valence electrons. The number of hydrogen-bond donors (Lipinski definition) is 2. The SMILES string of the molecule is O=C(NCc1cccc(OCC(F)F)c1)C1COCCN1. The first-order valence-electron chi connectivity index (χ1n) is 6.74. The van der Waals surface area contributed by atoms with Crippen LogP contribution in [0.3, 0.4) is 0 Å². The van der Waals surface area contributed by atoms with Crippen LogP contribution in [-0.2, 0) is 16.1 Å². The second-order valence-corrected chi connectivity index (χ2v) is 4.65. The van der Waals surface area contributed by atoms with Gasteiger partial charge in [0.1, 0.15) is 18.4 Å². The third-order valence-corrected chi connectivity index (χ3v) is 2.98. The summed E-state index contributed by atoms with van der Waals surface area (Å²) in [7, 11) is 0. The van der Waals surface area contributed by atoms with Gasteiger partial charge in [-0.05, 0) is 17.7 Å². The zero-order chi connectivity index (χ0) is 15.1. The highest BCUT2D eigenvalue weighted by atomic mass is 19.3. The lowest BCUT2D eigenvalue weighted by molar-refractivity contribution is -0.126. The quantitative estimate of drug-likeness (QED) is 0.821. The number of halogens is 2. The van der Waals surface area contributed by atoms with E-state index in [0.29, 0.717) is 32.1 Å². The van der Waals surface area contributed by atoms with E-state index in [1.165, 1.54) is 0 Å². The van der Waals surface area contributed by atoms with Gasteiger partial charge in [0.25, 0.3) is 6.43 Å². The predicted molar refractivity (Wildman–Crippen MR) is 72.4 cm³/mol. The molecule has 7 heteroatoms. The van der Waals surface area contributed by atoms with Crippen LogP contribution in [0.2, 0.25) is 0 Å². The number of hydrogen-bond acceptors (Lipinski definition) is 4. The molecule has 1 heterocycles. The highest BCUT2D eigenvalue weighted by Crippen LogP contribution is 2.14. The van der Waals surface area contributed by atoms with Crippen molar-refractivity contribution in [1.82, 2.24) is 10.6 Å². The Morgan fingerprint density at radius 2 is 2.38 bits per heavy atom. The molecule has 0 saturated carbocycles. The van der Waals surface area contributed by atoms with Crippen molar-refractivity contribution in [2.24, 2.45) is 0 Å². The summed E-state index contributed by atoms with van der Waals surface area (Å²) in [5.74, 6) is 0.217. The van der Waals surface area contributed by atoms with E-state index in [4.69, 9.17) is 9.47 Å². The number of benzene rings is 1. The molecule has 1 aliphatic heterocycles. The van der Waals surface area contributed by atoms with Crippen molar-refractivity contribution in [3.8, 4) is 5.75 Å². The molecule has 1 aromatic carbocycles. The van der Waals surface area contributed by atoms with Gasteiger partial charge in [-0.3, -0.25) is 4.79 Å². The first-order valence-corrected chi connectivity index (χ1v) is 6.74. The topological polar surface area (TPSA) is 59.6 Å². The molecule has 0 bridgehead atoms. The number of ether oxygens (including phenoxy) is 2. The molecule has 1 saturated heterocycles. The van der Waals surface area contributed by atoms with E-state index in [9.17, 15) is 13.6 Å². The fraction of sp³-hybridized carbons (Fsp3) is 0.500. The maximum Gasteiger partial charge on any atom is 0.272 e. The maximum atomic E-state index is 12.1. The molecular weight excluding hydrogens is 282 g/mol. The summed E-state index contributed by atoms with van der Waals surface area (Å²) in [6, 6.07) is 6.37. The summed E-state index contributed by atoms with van der Waals surface area (Å²) >= 11 is 0. The average molecular weight is 300 g/mol. The Kier molecular flexibility index (Phi) is 5.89. The summed E-state index contributed by atoms with van der Waals surface area (Å²) in [6.07, 6.45) is -2.51. The minimum atomic E-state index is -2.51. The van der Waals surface area contributed by atoms with Crippen molar-refractivity contribution in [2.75, 3.05) is 26.4 Å². The van der Waals surface area contributed by atoms with Crippen molar-refractivity contribution in [1.29, 1.82) is 0 Å². The molecule has 0 spiro atoms. The lowest BCUT2D eigenvalue weighted by Gasteiger charge is -2.22. The Labute approximate surface area is 121 Å². The second-order valence-electron chi connectivity index (χ2n) is 4.65. The Balaban J connectivity index is 1.82. The number of morpholine rings is 1. The molecule has 0 radical (unpaired) electrons. The van der Waals surface area contributed by atoms with Crippen LogP contribution >= 0.6 is 0 Å². The second kappa shape index (κ2) is 7.90. The molecular formula is C14H18F2N2O3. The number of amides is 1. The molecule has 5 nitrogen and oxygen atoms in total. The Bertz CT molecular complexity index is 465. The summed E-state index contributed by atoms with van der Waals surface area (Å²) in [5.41, 5.74) is 0.784. The molecule has 1 aromatic rings. The summed E-state index contributed by atoms with van der Waals surface area (Å²) in [6.45, 7) is 1.27. The lowest BCUT2D eigenvalue weighted by Crippen LogP contribution is -2.51. The summed E-state index contributed by atoms with van der Waals surface area (Å²) in [4.78, 5) is 11.9. The first kappa shape index (κ1) is 15.7. The van der Waals surface area contributed by atoms with Crippen LogP contribution in [-0.4, -0.2) is 44.7 Å². The Morgan fingerprint density at radius 3 is 3.10 bits per heavy atom. The molecule has 1 aliphatic rings. The molecule has 0 aromatic heterocycles. The molecule has 0 aliphatic carbocycles. The summed E-state index contributed by atoms with van der Waals surface area (Å²) in [5, 5.41) is 5.83. The van der Waals surface area contributed by atoms with Crippen LogP contribution in [0.15, 0.2) is 24.3 Å². The highest BCUT2D eigenvalue weighted by Gasteiger charge is 2.20. The maximum absolute atomic E-state index is 12.1. The molecule has 1 atom stereocenters. The summed E-state index contributed by atoms with van der Waals surface area (Å²) < 4.78 is 34.3. The van der Waals surface area contributed by atoms with Crippen molar-refractivity contribution < 1.29 is 23.0 Å². The predicted octanol–water partition coefficient (Wildman–Crippen LogP) is 0.935. The number of nitrogens with one attached hydrogen (secondary N) is 2. The molecule has 1 unspecified atom stereocenters. The van der Waals surface area contributed by atoms with Crippen molar-refractivity contribution in [2.45, 2.75) is 19.0 Å². The third kappa shape index (κ3) is 5.28. The van der Waals surface area contributed by atoms with E-state index in [0.717, 1.165) is 5.56 Å². The number of rotatable bonds is 6. The van der Waals surface area contributed by atoms with E-state index in [1.54, 1.807) is 24.3 Å². The van der Waals surface area contributed by atoms with Crippen LogP contribution in [0.1, 0.15) is 5.56 Å². The van der Waals surface area contributed by atoms with Crippen molar-refractivity contribution >= 4 is 5.91 Å². The van der Waals surface area contributed by atoms with Gasteiger partial charge in [-0.1, -0.05) is 12.1 Å². The van der Waals surface area contributed by atoms with Gasteiger partial charge in [0.15, 0.2) is 0 Å². The molecule has 2 rings (SSSR count). The van der Waals surface area contributed by atoms with Crippen LogP contribution < -0.4 is 15.4 Å². The largest absolute Gasteiger partial charge is 0.488 e. The van der Waals surface area contributed by atoms with Crippen LogP contribution in [0, 0.1) is 0 Å². The van der Waals surface area contributed by atoms with E-state index in [2.05, 4.69) is 10.6 Å². The normalized spacial score (nSPS) is 18.5. The first-order chi connectivity index (χ1) is 10.1. The highest BCUT2D eigenvalue weighted by molar-refractivity contribution is 5.81. The monoisotopic (exact) mass is 300 g/mol. The minimum absolute atomic E-state index is 0.145. The average Bonchev–Trinajstić information content (AvgIpc) is 2.52.